The Balaban J connectivity index is 1.95. The first-order valence-electron chi connectivity index (χ1n) is 9.65. The van der Waals surface area contributed by atoms with Gasteiger partial charge in [-0.25, -0.2) is 4.79 Å². The molecule has 0 saturated carbocycles. The van der Waals surface area contributed by atoms with E-state index in [1.54, 1.807) is 39.0 Å². The number of aromatic nitrogens is 1. The maximum absolute atomic E-state index is 12.7. The van der Waals surface area contributed by atoms with Crippen molar-refractivity contribution in [2.75, 3.05) is 20.3 Å². The van der Waals surface area contributed by atoms with E-state index < -0.39 is 23.8 Å². The number of H-pyrrole nitrogens is 1. The van der Waals surface area contributed by atoms with E-state index in [9.17, 15) is 14.4 Å². The summed E-state index contributed by atoms with van der Waals surface area (Å²) in [6.45, 7) is 6.84. The van der Waals surface area contributed by atoms with Gasteiger partial charge in [-0.2, -0.15) is 0 Å². The van der Waals surface area contributed by atoms with Gasteiger partial charge in [0.25, 0.3) is 0 Å². The Kier molecular flexibility index (Phi) is 8.03. The van der Waals surface area contributed by atoms with Gasteiger partial charge in [-0.3, -0.25) is 9.59 Å². The first-order valence-corrected chi connectivity index (χ1v) is 9.65. The molecule has 8 heteroatoms. The summed E-state index contributed by atoms with van der Waals surface area (Å²) in [6, 6.07) is 7.08. The molecule has 0 saturated heterocycles. The highest BCUT2D eigenvalue weighted by Gasteiger charge is 2.27. The van der Waals surface area contributed by atoms with Crippen molar-refractivity contribution >= 4 is 17.7 Å². The molecule has 0 amide bonds. The number of hydrogen-bond donors (Lipinski definition) is 1. The summed E-state index contributed by atoms with van der Waals surface area (Å²) in [5.41, 5.74) is 1.54. The second-order valence-electron chi connectivity index (χ2n) is 6.59. The summed E-state index contributed by atoms with van der Waals surface area (Å²) in [5.74, 6) is -0.423. The van der Waals surface area contributed by atoms with Gasteiger partial charge in [0, 0.05) is 5.69 Å². The number of methoxy groups -OCH3 is 1. The van der Waals surface area contributed by atoms with Crippen LogP contribution >= 0.6 is 0 Å². The monoisotopic (exact) mass is 417 g/mol. The molecule has 1 aromatic carbocycles. The fourth-order valence-corrected chi connectivity index (χ4v) is 3.00. The lowest BCUT2D eigenvalue weighted by molar-refractivity contribution is -0.146. The molecule has 0 aliphatic carbocycles. The molecule has 1 aromatic heterocycles. The van der Waals surface area contributed by atoms with E-state index in [2.05, 4.69) is 4.98 Å². The quantitative estimate of drug-likeness (QED) is 0.467. The Morgan fingerprint density at radius 3 is 2.40 bits per heavy atom. The van der Waals surface area contributed by atoms with Crippen LogP contribution in [-0.2, 0) is 14.3 Å². The number of rotatable bonds is 10. The van der Waals surface area contributed by atoms with Crippen LogP contribution in [0.5, 0.6) is 11.5 Å². The molecule has 1 N–H and O–H groups in total. The van der Waals surface area contributed by atoms with Gasteiger partial charge < -0.3 is 23.9 Å². The van der Waals surface area contributed by atoms with Gasteiger partial charge in [-0.1, -0.05) is 12.1 Å². The lowest BCUT2D eigenvalue weighted by Gasteiger charge is -2.13. The van der Waals surface area contributed by atoms with Crippen molar-refractivity contribution in [1.82, 2.24) is 4.98 Å². The third-order valence-electron chi connectivity index (χ3n) is 4.47. The fourth-order valence-electron chi connectivity index (χ4n) is 3.00. The summed E-state index contributed by atoms with van der Waals surface area (Å²) >= 11 is 0. The third-order valence-corrected chi connectivity index (χ3v) is 4.47. The molecule has 30 heavy (non-hydrogen) atoms. The molecule has 2 aromatic rings. The van der Waals surface area contributed by atoms with Gasteiger partial charge in [0.05, 0.1) is 38.0 Å². The first kappa shape index (κ1) is 23.0. The molecule has 0 aliphatic rings. The van der Waals surface area contributed by atoms with Gasteiger partial charge in [0.15, 0.2) is 17.6 Å². The Morgan fingerprint density at radius 2 is 1.77 bits per heavy atom. The van der Waals surface area contributed by atoms with E-state index in [-0.39, 0.29) is 25.3 Å². The predicted molar refractivity (Wildman–Crippen MR) is 109 cm³/mol. The maximum atomic E-state index is 12.7. The fraction of sp³-hybridized carbons (Fsp3) is 0.409. The van der Waals surface area contributed by atoms with Crippen LogP contribution in [0.4, 0.5) is 0 Å². The maximum Gasteiger partial charge on any atom is 0.340 e. The van der Waals surface area contributed by atoms with Crippen molar-refractivity contribution < 1.29 is 33.3 Å². The Bertz CT molecular complexity index is 916. The molecule has 2 rings (SSSR count). The Hall–Kier alpha value is -3.29. The van der Waals surface area contributed by atoms with Gasteiger partial charge in [0.2, 0.25) is 5.78 Å². The van der Waals surface area contributed by atoms with E-state index >= 15 is 0 Å². The van der Waals surface area contributed by atoms with Crippen LogP contribution < -0.4 is 9.47 Å². The highest BCUT2D eigenvalue weighted by atomic mass is 16.6. The molecular formula is C22H27NO7. The van der Waals surface area contributed by atoms with Crippen LogP contribution in [0.1, 0.15) is 52.4 Å². The minimum atomic E-state index is -1.02. The average Bonchev–Trinajstić information content (AvgIpc) is 3.01. The molecule has 1 heterocycles. The van der Waals surface area contributed by atoms with Crippen LogP contribution in [0.25, 0.3) is 0 Å². The number of aromatic amines is 1. The predicted octanol–water partition coefficient (Wildman–Crippen LogP) is 3.40. The number of ether oxygens (including phenoxy) is 4. The van der Waals surface area contributed by atoms with Crippen LogP contribution in [0.3, 0.4) is 0 Å². The average molecular weight is 417 g/mol. The molecule has 0 bridgehead atoms. The number of para-hydroxylation sites is 2. The lowest BCUT2D eigenvalue weighted by atomic mass is 10.1. The minimum absolute atomic E-state index is 0.0352. The molecule has 0 spiro atoms. The van der Waals surface area contributed by atoms with Gasteiger partial charge in [-0.15, -0.1) is 0 Å². The molecule has 8 nitrogen and oxygen atoms in total. The smallest absolute Gasteiger partial charge is 0.340 e. The molecule has 0 fully saturated rings. The van der Waals surface area contributed by atoms with Crippen molar-refractivity contribution in [3.8, 4) is 11.5 Å². The zero-order chi connectivity index (χ0) is 22.3. The number of aryl methyl sites for hydroxylation is 1. The highest BCUT2D eigenvalue weighted by Crippen LogP contribution is 2.26. The standard InChI is InChI=1S/C22H27NO7/c1-6-28-22(26)19-13(2)20(23-14(19)3)21(25)15(4)30-18(24)11-12-29-17-10-8-7-9-16(17)27-5/h7-10,15,23H,6,11-12H2,1-5H3. The van der Waals surface area contributed by atoms with Crippen molar-refractivity contribution in [2.45, 2.75) is 40.2 Å². The van der Waals surface area contributed by atoms with E-state index in [1.807, 2.05) is 6.07 Å². The second kappa shape index (κ2) is 10.5. The molecule has 1 unspecified atom stereocenters. The van der Waals surface area contributed by atoms with E-state index in [1.165, 1.54) is 14.0 Å². The topological polar surface area (TPSA) is 104 Å². The molecule has 0 radical (unpaired) electrons. The summed E-state index contributed by atoms with van der Waals surface area (Å²) in [6.07, 6.45) is -1.05. The molecule has 0 aliphatic heterocycles. The summed E-state index contributed by atoms with van der Waals surface area (Å²) in [5, 5.41) is 0. The largest absolute Gasteiger partial charge is 0.493 e. The number of esters is 2. The third kappa shape index (κ3) is 5.40. The van der Waals surface area contributed by atoms with Gasteiger partial charge in [0.1, 0.15) is 0 Å². The van der Waals surface area contributed by atoms with Crippen molar-refractivity contribution in [3.63, 3.8) is 0 Å². The van der Waals surface area contributed by atoms with E-state index in [0.717, 1.165) is 0 Å². The lowest BCUT2D eigenvalue weighted by Crippen LogP contribution is -2.26. The van der Waals surface area contributed by atoms with Gasteiger partial charge in [-0.05, 0) is 45.4 Å². The Morgan fingerprint density at radius 1 is 1.10 bits per heavy atom. The summed E-state index contributed by atoms with van der Waals surface area (Å²) < 4.78 is 21.0. The minimum Gasteiger partial charge on any atom is -0.493 e. The van der Waals surface area contributed by atoms with Gasteiger partial charge >= 0.3 is 11.9 Å². The summed E-state index contributed by atoms with van der Waals surface area (Å²) in [4.78, 5) is 39.8. The number of nitrogens with one attached hydrogen (secondary N) is 1. The van der Waals surface area contributed by atoms with Crippen LogP contribution in [0, 0.1) is 13.8 Å². The highest BCUT2D eigenvalue weighted by molar-refractivity contribution is 6.03. The zero-order valence-electron chi connectivity index (χ0n) is 17.9. The first-order chi connectivity index (χ1) is 14.3. The van der Waals surface area contributed by atoms with E-state index in [4.69, 9.17) is 18.9 Å². The van der Waals surface area contributed by atoms with Crippen LogP contribution in [0.2, 0.25) is 0 Å². The number of carbonyl (C=O) groups is 3. The van der Waals surface area contributed by atoms with Crippen LogP contribution in [0.15, 0.2) is 24.3 Å². The number of Topliss-reactive ketones (excluding diaryl/α,β-unsaturated/α-hetero) is 1. The van der Waals surface area contributed by atoms with Crippen molar-refractivity contribution in [3.05, 3.63) is 46.8 Å². The normalized spacial score (nSPS) is 11.5. The number of ketones is 1. The van der Waals surface area contributed by atoms with Crippen molar-refractivity contribution in [2.24, 2.45) is 0 Å². The zero-order valence-corrected chi connectivity index (χ0v) is 17.9. The van der Waals surface area contributed by atoms with E-state index in [0.29, 0.717) is 28.3 Å². The number of benzene rings is 1. The summed E-state index contributed by atoms with van der Waals surface area (Å²) in [7, 11) is 1.53. The second-order valence-corrected chi connectivity index (χ2v) is 6.59. The molecule has 1 atom stereocenters. The molecular weight excluding hydrogens is 390 g/mol. The van der Waals surface area contributed by atoms with Crippen molar-refractivity contribution in [1.29, 1.82) is 0 Å². The SMILES string of the molecule is CCOC(=O)c1c(C)[nH]c(C(=O)C(C)OC(=O)CCOc2ccccc2OC)c1C. The van der Waals surface area contributed by atoms with Crippen LogP contribution in [-0.4, -0.2) is 49.1 Å². The Labute approximate surface area is 175 Å². The number of carbonyl (C=O) groups excluding carboxylic acids is 3. The number of hydrogen-bond acceptors (Lipinski definition) is 7. The molecule has 162 valence electrons.